The van der Waals surface area contributed by atoms with Crippen molar-refractivity contribution in [3.63, 3.8) is 0 Å². The van der Waals surface area contributed by atoms with Gasteiger partial charge in [-0.05, 0) is 38.9 Å². The first-order valence-corrected chi connectivity index (χ1v) is 9.06. The molecule has 1 heterocycles. The van der Waals surface area contributed by atoms with Crippen molar-refractivity contribution in [1.29, 1.82) is 0 Å². The molecule has 2 N–H and O–H groups in total. The lowest BCUT2D eigenvalue weighted by Crippen LogP contribution is -2.51. The Bertz CT molecular complexity index is 658. The van der Waals surface area contributed by atoms with E-state index in [2.05, 4.69) is 10.0 Å². The van der Waals surface area contributed by atoms with Crippen LogP contribution in [0.5, 0.6) is 0 Å². The fourth-order valence-electron chi connectivity index (χ4n) is 2.67. The number of piperidine rings is 1. The second kappa shape index (κ2) is 7.37. The highest BCUT2D eigenvalue weighted by molar-refractivity contribution is 7.89. The normalized spacial score (nSPS) is 18.0. The zero-order valence-corrected chi connectivity index (χ0v) is 14.1. The molecule has 8 heteroatoms. The molecule has 1 aliphatic rings. The van der Waals surface area contributed by atoms with Crippen LogP contribution in [0.15, 0.2) is 29.2 Å². The summed E-state index contributed by atoms with van der Waals surface area (Å²) in [6, 6.07) is 4.54. The number of benzene rings is 1. The van der Waals surface area contributed by atoms with E-state index in [1.165, 1.54) is 25.1 Å². The summed E-state index contributed by atoms with van der Waals surface area (Å²) in [4.78, 5) is 13.6. The summed E-state index contributed by atoms with van der Waals surface area (Å²) in [7, 11) is -2.19. The highest BCUT2D eigenvalue weighted by Crippen LogP contribution is 2.15. The van der Waals surface area contributed by atoms with Crippen LogP contribution in [0.4, 0.5) is 4.39 Å². The van der Waals surface area contributed by atoms with Gasteiger partial charge in [0, 0.05) is 19.1 Å². The molecule has 6 nitrogen and oxygen atoms in total. The molecule has 0 radical (unpaired) electrons. The average molecular weight is 343 g/mol. The molecule has 1 saturated heterocycles. The Kier molecular flexibility index (Phi) is 5.72. The lowest BCUT2D eigenvalue weighted by molar-refractivity contribution is -0.133. The molecule has 1 aliphatic heterocycles. The summed E-state index contributed by atoms with van der Waals surface area (Å²) in [5, 5.41) is 3.17. The maximum atomic E-state index is 13.7. The van der Waals surface area contributed by atoms with Gasteiger partial charge in [-0.3, -0.25) is 4.79 Å². The number of rotatable bonds is 5. The molecular weight excluding hydrogens is 321 g/mol. The van der Waals surface area contributed by atoms with E-state index in [1.807, 2.05) is 7.05 Å². The molecule has 0 aromatic heterocycles. The largest absolute Gasteiger partial charge is 0.341 e. The molecule has 1 amide bonds. The van der Waals surface area contributed by atoms with Gasteiger partial charge in [0.2, 0.25) is 15.9 Å². The maximum absolute atomic E-state index is 13.7. The molecule has 0 aliphatic carbocycles. The number of carbonyl (C=O) groups excluding carboxylic acids is 1. The van der Waals surface area contributed by atoms with E-state index in [0.717, 1.165) is 18.9 Å². The molecule has 1 aromatic carbocycles. The third-order valence-electron chi connectivity index (χ3n) is 4.04. The Labute approximate surface area is 136 Å². The summed E-state index contributed by atoms with van der Waals surface area (Å²) in [6.45, 7) is 2.64. The van der Waals surface area contributed by atoms with Crippen molar-refractivity contribution in [2.24, 2.45) is 0 Å². The van der Waals surface area contributed by atoms with E-state index in [0.29, 0.717) is 19.1 Å². The van der Waals surface area contributed by atoms with Crippen molar-refractivity contribution in [3.8, 4) is 0 Å². The van der Waals surface area contributed by atoms with Crippen LogP contribution < -0.4 is 10.0 Å². The predicted molar refractivity (Wildman–Crippen MR) is 84.8 cm³/mol. The topological polar surface area (TPSA) is 78.5 Å². The van der Waals surface area contributed by atoms with Gasteiger partial charge in [-0.15, -0.1) is 0 Å². The molecule has 1 aromatic rings. The fraction of sp³-hybridized carbons (Fsp3) is 0.533. The third-order valence-corrected chi connectivity index (χ3v) is 5.62. The minimum absolute atomic E-state index is 0.292. The molecule has 1 unspecified atom stereocenters. The van der Waals surface area contributed by atoms with Gasteiger partial charge in [0.25, 0.3) is 0 Å². The van der Waals surface area contributed by atoms with Gasteiger partial charge in [0.05, 0.1) is 6.04 Å². The number of hydrogen-bond donors (Lipinski definition) is 2. The van der Waals surface area contributed by atoms with Gasteiger partial charge < -0.3 is 10.2 Å². The summed E-state index contributed by atoms with van der Waals surface area (Å²) < 4.78 is 40.3. The lowest BCUT2D eigenvalue weighted by Gasteiger charge is -2.33. The Morgan fingerprint density at radius 3 is 2.48 bits per heavy atom. The van der Waals surface area contributed by atoms with Crippen molar-refractivity contribution < 1.29 is 17.6 Å². The number of likely N-dealkylation sites (tertiary alicyclic amines) is 1. The molecule has 0 spiro atoms. The van der Waals surface area contributed by atoms with E-state index < -0.39 is 26.8 Å². The zero-order valence-electron chi connectivity index (χ0n) is 13.3. The van der Waals surface area contributed by atoms with E-state index in [9.17, 15) is 17.6 Å². The minimum Gasteiger partial charge on any atom is -0.341 e. The van der Waals surface area contributed by atoms with Crippen LogP contribution in [0.25, 0.3) is 0 Å². The number of nitrogens with zero attached hydrogens (tertiary/aromatic N) is 1. The Morgan fingerprint density at radius 1 is 1.30 bits per heavy atom. The van der Waals surface area contributed by atoms with Crippen molar-refractivity contribution in [2.45, 2.75) is 36.7 Å². The van der Waals surface area contributed by atoms with Crippen LogP contribution in [-0.4, -0.2) is 51.4 Å². The zero-order chi connectivity index (χ0) is 17.0. The lowest BCUT2D eigenvalue weighted by atomic mass is 10.0. The SMILES string of the molecule is CNC1CCN(C(=O)C(C)NS(=O)(=O)c2ccccc2F)CC1. The highest BCUT2D eigenvalue weighted by Gasteiger charge is 2.29. The second-order valence-electron chi connectivity index (χ2n) is 5.66. The van der Waals surface area contributed by atoms with Gasteiger partial charge in [-0.1, -0.05) is 12.1 Å². The van der Waals surface area contributed by atoms with E-state index in [-0.39, 0.29) is 5.91 Å². The predicted octanol–water partition coefficient (Wildman–Crippen LogP) is 0.703. The van der Waals surface area contributed by atoms with Crippen molar-refractivity contribution in [2.75, 3.05) is 20.1 Å². The number of nitrogens with one attached hydrogen (secondary N) is 2. The van der Waals surface area contributed by atoms with Crippen molar-refractivity contribution in [3.05, 3.63) is 30.1 Å². The molecule has 2 rings (SSSR count). The molecule has 1 atom stereocenters. The first kappa shape index (κ1) is 17.8. The number of halogens is 1. The van der Waals surface area contributed by atoms with Gasteiger partial charge >= 0.3 is 0 Å². The first-order chi connectivity index (χ1) is 10.8. The fourth-order valence-corrected chi connectivity index (χ4v) is 3.95. The van der Waals surface area contributed by atoms with E-state index >= 15 is 0 Å². The monoisotopic (exact) mass is 343 g/mol. The van der Waals surface area contributed by atoms with Gasteiger partial charge in [-0.25, -0.2) is 12.8 Å². The van der Waals surface area contributed by atoms with E-state index in [1.54, 1.807) is 4.90 Å². The Hall–Kier alpha value is -1.51. The van der Waals surface area contributed by atoms with Crippen LogP contribution in [0.1, 0.15) is 19.8 Å². The molecule has 1 fully saturated rings. The van der Waals surface area contributed by atoms with Gasteiger partial charge in [0.1, 0.15) is 10.7 Å². The highest BCUT2D eigenvalue weighted by atomic mass is 32.2. The summed E-state index contributed by atoms with van der Waals surface area (Å²) in [5.74, 6) is -1.13. The van der Waals surface area contributed by atoms with Crippen LogP contribution in [0, 0.1) is 5.82 Å². The van der Waals surface area contributed by atoms with Crippen LogP contribution in [0.3, 0.4) is 0 Å². The van der Waals surface area contributed by atoms with Crippen molar-refractivity contribution in [1.82, 2.24) is 14.9 Å². The summed E-state index contributed by atoms with van der Waals surface area (Å²) in [5.41, 5.74) is 0. The van der Waals surface area contributed by atoms with Crippen LogP contribution in [0.2, 0.25) is 0 Å². The Morgan fingerprint density at radius 2 is 1.91 bits per heavy atom. The maximum Gasteiger partial charge on any atom is 0.244 e. The summed E-state index contributed by atoms with van der Waals surface area (Å²) >= 11 is 0. The van der Waals surface area contributed by atoms with Crippen LogP contribution >= 0.6 is 0 Å². The molecule has 0 bridgehead atoms. The quantitative estimate of drug-likeness (QED) is 0.825. The van der Waals surface area contributed by atoms with E-state index in [4.69, 9.17) is 0 Å². The van der Waals surface area contributed by atoms with Crippen molar-refractivity contribution >= 4 is 15.9 Å². The molecule has 0 saturated carbocycles. The molecule has 23 heavy (non-hydrogen) atoms. The third kappa shape index (κ3) is 4.27. The Balaban J connectivity index is 2.02. The number of amides is 1. The number of sulfonamides is 1. The smallest absolute Gasteiger partial charge is 0.244 e. The summed E-state index contributed by atoms with van der Waals surface area (Å²) in [6.07, 6.45) is 1.66. The van der Waals surface area contributed by atoms with Gasteiger partial charge in [0.15, 0.2) is 0 Å². The molecular formula is C15H22FN3O3S. The average Bonchev–Trinajstić information content (AvgIpc) is 2.54. The number of carbonyl (C=O) groups is 1. The second-order valence-corrected chi connectivity index (χ2v) is 7.34. The molecule has 128 valence electrons. The first-order valence-electron chi connectivity index (χ1n) is 7.58. The van der Waals surface area contributed by atoms with Crippen LogP contribution in [-0.2, 0) is 14.8 Å². The minimum atomic E-state index is -4.07. The van der Waals surface area contributed by atoms with Gasteiger partial charge in [-0.2, -0.15) is 4.72 Å². The standard InChI is InChI=1S/C15H22FN3O3S/c1-11(15(20)19-9-7-12(17-2)8-10-19)18-23(21,22)14-6-4-3-5-13(14)16/h3-6,11-12,17-18H,7-10H2,1-2H3. The number of hydrogen-bond acceptors (Lipinski definition) is 4.